The number of amides is 3. The molecule has 3 amide bonds. The van der Waals surface area contributed by atoms with Crippen molar-refractivity contribution in [3.63, 3.8) is 0 Å². The second kappa shape index (κ2) is 12.9. The molecule has 0 radical (unpaired) electrons. The molecule has 0 aliphatic heterocycles. The number of primary amides is 1. The molecule has 1 aliphatic carbocycles. The molecule has 1 fully saturated rings. The Morgan fingerprint density at radius 3 is 2.53 bits per heavy atom. The lowest BCUT2D eigenvalue weighted by molar-refractivity contribution is -0.131. The average molecular weight is 496 g/mol. The second-order valence-electron chi connectivity index (χ2n) is 9.43. The molecule has 4 atom stereocenters. The molecule has 0 spiro atoms. The monoisotopic (exact) mass is 495 g/mol. The highest BCUT2D eigenvalue weighted by Crippen LogP contribution is 2.25. The van der Waals surface area contributed by atoms with Crippen LogP contribution >= 0.6 is 0 Å². The van der Waals surface area contributed by atoms with E-state index in [4.69, 9.17) is 22.9 Å². The maximum atomic E-state index is 13.1. The Morgan fingerprint density at radius 1 is 1.03 bits per heavy atom. The maximum Gasteiger partial charge on any atom is 0.240 e. The van der Waals surface area contributed by atoms with Crippen molar-refractivity contribution in [2.75, 3.05) is 6.54 Å². The van der Waals surface area contributed by atoms with Gasteiger partial charge in [0.15, 0.2) is 5.96 Å². The molecule has 2 aromatic carbocycles. The Morgan fingerprint density at radius 2 is 1.78 bits per heavy atom. The van der Waals surface area contributed by atoms with E-state index in [1.54, 1.807) is 0 Å². The Kier molecular flexibility index (Phi) is 9.63. The van der Waals surface area contributed by atoms with Gasteiger partial charge in [-0.25, -0.2) is 0 Å². The number of nitrogens with zero attached hydrogens (tertiary/aromatic N) is 1. The molecule has 3 rings (SSSR count). The van der Waals surface area contributed by atoms with Crippen molar-refractivity contribution in [3.8, 4) is 0 Å². The Labute approximate surface area is 211 Å². The third-order valence-electron chi connectivity index (χ3n) is 6.66. The highest BCUT2D eigenvalue weighted by Gasteiger charge is 2.31. The fourth-order valence-corrected chi connectivity index (χ4v) is 4.72. The van der Waals surface area contributed by atoms with Gasteiger partial charge in [0.2, 0.25) is 17.7 Å². The second-order valence-corrected chi connectivity index (χ2v) is 9.43. The highest BCUT2D eigenvalue weighted by atomic mass is 16.2. The third kappa shape index (κ3) is 7.67. The molecular weight excluding hydrogens is 458 g/mol. The van der Waals surface area contributed by atoms with Crippen molar-refractivity contribution in [1.82, 2.24) is 10.6 Å². The standard InChI is InChI=1S/C26H37N7O3/c27-21(12-5-13-31-26(29)30)25(36)32-19-10-4-9-18(14-19)24(35)33-22(23(28)34)15-17-8-3-7-16-6-1-2-11-20(16)17/h1-3,6-8,11,18-19,21-22H,4-5,9-10,12-15,27H2,(H2,28,34)(H,32,36)(H,33,35)(H4,29,30,31)/t18-,19+,21-,22-/m0/s1. The summed E-state index contributed by atoms with van der Waals surface area (Å²) in [4.78, 5) is 41.7. The van der Waals surface area contributed by atoms with E-state index in [-0.39, 0.29) is 29.7 Å². The van der Waals surface area contributed by atoms with Crippen LogP contribution in [0.15, 0.2) is 47.5 Å². The minimum absolute atomic E-state index is 0.00948. The number of nitrogens with two attached hydrogens (primary N) is 4. The lowest BCUT2D eigenvalue weighted by Gasteiger charge is -2.30. The SMILES string of the molecule is NC(=O)[C@H](Cc1cccc2ccccc12)NC(=O)[C@H]1CCC[C@@H](NC(=O)[C@@H](N)CCCN=C(N)N)C1. The lowest BCUT2D eigenvalue weighted by atomic mass is 9.84. The smallest absolute Gasteiger partial charge is 0.240 e. The van der Waals surface area contributed by atoms with E-state index in [2.05, 4.69) is 15.6 Å². The first-order valence-corrected chi connectivity index (χ1v) is 12.4. The summed E-state index contributed by atoms with van der Waals surface area (Å²) >= 11 is 0. The van der Waals surface area contributed by atoms with Crippen LogP contribution in [-0.4, -0.2) is 48.4 Å². The number of hydrogen-bond acceptors (Lipinski definition) is 5. The van der Waals surface area contributed by atoms with Crippen molar-refractivity contribution in [1.29, 1.82) is 0 Å². The van der Waals surface area contributed by atoms with Crippen molar-refractivity contribution < 1.29 is 14.4 Å². The van der Waals surface area contributed by atoms with Crippen LogP contribution in [0.1, 0.15) is 44.1 Å². The molecule has 0 saturated heterocycles. The van der Waals surface area contributed by atoms with Crippen LogP contribution in [0.4, 0.5) is 0 Å². The first kappa shape index (κ1) is 26.9. The van der Waals surface area contributed by atoms with Crippen LogP contribution in [0.3, 0.4) is 0 Å². The number of aliphatic imine (C=N–C) groups is 1. The summed E-state index contributed by atoms with van der Waals surface area (Å²) in [5.74, 6) is -1.37. The Hall–Kier alpha value is -3.66. The van der Waals surface area contributed by atoms with Gasteiger partial charge >= 0.3 is 0 Å². The molecule has 194 valence electrons. The van der Waals surface area contributed by atoms with Crippen LogP contribution in [0.25, 0.3) is 10.8 Å². The van der Waals surface area contributed by atoms with E-state index in [0.717, 1.165) is 29.2 Å². The summed E-state index contributed by atoms with van der Waals surface area (Å²) in [6, 6.07) is 12.1. The fourth-order valence-electron chi connectivity index (χ4n) is 4.72. The zero-order valence-corrected chi connectivity index (χ0v) is 20.5. The van der Waals surface area contributed by atoms with Crippen molar-refractivity contribution >= 4 is 34.5 Å². The van der Waals surface area contributed by atoms with Crippen LogP contribution < -0.4 is 33.6 Å². The maximum absolute atomic E-state index is 13.1. The predicted octanol–water partition coefficient (Wildman–Crippen LogP) is 0.408. The number of carbonyl (C=O) groups excluding carboxylic acids is 3. The number of carbonyl (C=O) groups is 3. The van der Waals surface area contributed by atoms with Crippen molar-refractivity contribution in [2.24, 2.45) is 33.8 Å². The Bertz CT molecular complexity index is 1090. The zero-order chi connectivity index (χ0) is 26.1. The summed E-state index contributed by atoms with van der Waals surface area (Å²) < 4.78 is 0. The van der Waals surface area contributed by atoms with E-state index < -0.39 is 18.0 Å². The number of hydrogen-bond donors (Lipinski definition) is 6. The summed E-state index contributed by atoms with van der Waals surface area (Å²) in [7, 11) is 0. The first-order valence-electron chi connectivity index (χ1n) is 12.4. The first-order chi connectivity index (χ1) is 17.2. The minimum atomic E-state index is -0.822. The molecule has 10 heteroatoms. The van der Waals surface area contributed by atoms with Gasteiger partial charge in [-0.2, -0.15) is 0 Å². The molecule has 0 bridgehead atoms. The molecule has 36 heavy (non-hydrogen) atoms. The van der Waals surface area contributed by atoms with Crippen LogP contribution in [0.2, 0.25) is 0 Å². The number of nitrogens with one attached hydrogen (secondary N) is 2. The third-order valence-corrected chi connectivity index (χ3v) is 6.66. The summed E-state index contributed by atoms with van der Waals surface area (Å²) in [6.45, 7) is 0.411. The number of guanidine groups is 1. The normalized spacial score (nSPS) is 19.1. The minimum Gasteiger partial charge on any atom is -0.370 e. The molecule has 10 nitrogen and oxygen atoms in total. The number of benzene rings is 2. The number of fused-ring (bicyclic) bond motifs is 1. The largest absolute Gasteiger partial charge is 0.370 e. The van der Waals surface area contributed by atoms with Gasteiger partial charge in [0.05, 0.1) is 6.04 Å². The highest BCUT2D eigenvalue weighted by molar-refractivity contribution is 5.90. The van der Waals surface area contributed by atoms with Crippen LogP contribution in [-0.2, 0) is 20.8 Å². The molecule has 2 aromatic rings. The van der Waals surface area contributed by atoms with Gasteiger partial charge < -0.3 is 33.6 Å². The van der Waals surface area contributed by atoms with Gasteiger partial charge in [-0.15, -0.1) is 0 Å². The van der Waals surface area contributed by atoms with Gasteiger partial charge in [-0.3, -0.25) is 19.4 Å². The van der Waals surface area contributed by atoms with Gasteiger partial charge in [-0.05, 0) is 48.4 Å². The van der Waals surface area contributed by atoms with Gasteiger partial charge in [-0.1, -0.05) is 48.9 Å². The predicted molar refractivity (Wildman–Crippen MR) is 141 cm³/mol. The van der Waals surface area contributed by atoms with Gasteiger partial charge in [0.1, 0.15) is 6.04 Å². The van der Waals surface area contributed by atoms with Crippen LogP contribution in [0, 0.1) is 5.92 Å². The quantitative estimate of drug-likeness (QED) is 0.148. The summed E-state index contributed by atoms with van der Waals surface area (Å²) in [6.07, 6.45) is 4.07. The van der Waals surface area contributed by atoms with Crippen molar-refractivity contribution in [3.05, 3.63) is 48.0 Å². The van der Waals surface area contributed by atoms with E-state index >= 15 is 0 Å². The molecule has 1 aliphatic rings. The molecule has 0 unspecified atom stereocenters. The molecule has 0 aromatic heterocycles. The van der Waals surface area contributed by atoms with Crippen molar-refractivity contribution in [2.45, 2.75) is 63.1 Å². The summed E-state index contributed by atoms with van der Waals surface area (Å²) in [5.41, 5.74) is 23.2. The van der Waals surface area contributed by atoms with Gasteiger partial charge in [0.25, 0.3) is 0 Å². The van der Waals surface area contributed by atoms with Crippen LogP contribution in [0.5, 0.6) is 0 Å². The molecule has 0 heterocycles. The summed E-state index contributed by atoms with van der Waals surface area (Å²) in [5, 5.41) is 7.91. The Balaban J connectivity index is 1.55. The molecule has 10 N–H and O–H groups in total. The lowest BCUT2D eigenvalue weighted by Crippen LogP contribution is -2.51. The van der Waals surface area contributed by atoms with E-state index in [9.17, 15) is 14.4 Å². The zero-order valence-electron chi connectivity index (χ0n) is 20.5. The topological polar surface area (TPSA) is 192 Å². The van der Waals surface area contributed by atoms with E-state index in [0.29, 0.717) is 38.6 Å². The molecule has 1 saturated carbocycles. The fraction of sp³-hybridized carbons (Fsp3) is 0.462. The molecular formula is C26H37N7O3. The van der Waals surface area contributed by atoms with E-state index in [1.807, 2.05) is 42.5 Å². The van der Waals surface area contributed by atoms with Gasteiger partial charge in [0, 0.05) is 24.9 Å². The average Bonchev–Trinajstić information content (AvgIpc) is 2.86. The number of rotatable bonds is 11. The van der Waals surface area contributed by atoms with E-state index in [1.165, 1.54) is 0 Å².